The molecule has 0 spiro atoms. The average Bonchev–Trinajstić information content (AvgIpc) is 2.72. The standard InChI is InChI=1S/C18H22N6O4/c19-16(20)24-18(25)28-11-14-2-1-3-15(23-14)13-8-21-17(22-9-13)27-10-12-4-6-26-7-5-12/h1-3,8-9,12H,4-7,10-11H2,(H4,19,20,24,25). The lowest BCUT2D eigenvalue weighted by atomic mass is 10.0. The van der Waals surface area contributed by atoms with Crippen LogP contribution in [0.4, 0.5) is 4.79 Å². The van der Waals surface area contributed by atoms with E-state index in [0.29, 0.717) is 29.9 Å². The normalized spacial score (nSPS) is 14.3. The minimum absolute atomic E-state index is 0.0589. The van der Waals surface area contributed by atoms with Crippen molar-refractivity contribution in [1.82, 2.24) is 15.0 Å². The number of hydrogen-bond acceptors (Lipinski definition) is 7. The van der Waals surface area contributed by atoms with Crippen molar-refractivity contribution in [3.05, 3.63) is 36.3 Å². The summed E-state index contributed by atoms with van der Waals surface area (Å²) in [4.78, 5) is 27.5. The smallest absolute Gasteiger partial charge is 0.437 e. The Hall–Kier alpha value is -3.27. The predicted molar refractivity (Wildman–Crippen MR) is 100 cm³/mol. The molecule has 0 aliphatic carbocycles. The molecule has 0 radical (unpaired) electrons. The van der Waals surface area contributed by atoms with Crippen molar-refractivity contribution < 1.29 is 19.0 Å². The third kappa shape index (κ3) is 5.88. The number of aromatic nitrogens is 3. The Morgan fingerprint density at radius 2 is 1.96 bits per heavy atom. The van der Waals surface area contributed by atoms with Crippen LogP contribution in [0.2, 0.25) is 0 Å². The maximum atomic E-state index is 11.4. The Bertz CT molecular complexity index is 817. The number of amides is 1. The fraction of sp³-hybridized carbons (Fsp3) is 0.389. The van der Waals surface area contributed by atoms with Gasteiger partial charge in [0.1, 0.15) is 6.61 Å². The molecule has 4 N–H and O–H groups in total. The number of aliphatic imine (C=N–C) groups is 1. The van der Waals surface area contributed by atoms with Crippen molar-refractivity contribution >= 4 is 12.1 Å². The maximum Gasteiger partial charge on any atom is 0.437 e. The first kappa shape index (κ1) is 19.5. The number of nitrogens with zero attached hydrogens (tertiary/aromatic N) is 4. The first-order valence-electron chi connectivity index (χ1n) is 8.85. The zero-order chi connectivity index (χ0) is 19.8. The zero-order valence-corrected chi connectivity index (χ0v) is 15.3. The predicted octanol–water partition coefficient (Wildman–Crippen LogP) is 1.25. The van der Waals surface area contributed by atoms with E-state index in [1.54, 1.807) is 24.5 Å². The molecular formula is C18H22N6O4. The van der Waals surface area contributed by atoms with Crippen LogP contribution in [0, 0.1) is 5.92 Å². The zero-order valence-electron chi connectivity index (χ0n) is 15.3. The van der Waals surface area contributed by atoms with Crippen LogP contribution >= 0.6 is 0 Å². The van der Waals surface area contributed by atoms with E-state index in [2.05, 4.69) is 19.9 Å². The Morgan fingerprint density at radius 3 is 2.68 bits per heavy atom. The SMILES string of the molecule is NC(N)=NC(=O)OCc1cccc(-c2cnc(OCC3CCOCC3)nc2)n1. The first-order valence-corrected chi connectivity index (χ1v) is 8.85. The maximum absolute atomic E-state index is 11.4. The van der Waals surface area contributed by atoms with Crippen molar-refractivity contribution in [3.63, 3.8) is 0 Å². The van der Waals surface area contributed by atoms with Crippen LogP contribution in [0.15, 0.2) is 35.6 Å². The lowest BCUT2D eigenvalue weighted by molar-refractivity contribution is 0.0482. The highest BCUT2D eigenvalue weighted by Crippen LogP contribution is 2.19. The largest absolute Gasteiger partial charge is 0.463 e. The lowest BCUT2D eigenvalue weighted by Crippen LogP contribution is -2.24. The van der Waals surface area contributed by atoms with Crippen LogP contribution in [-0.4, -0.2) is 46.8 Å². The second-order valence-electron chi connectivity index (χ2n) is 6.23. The van der Waals surface area contributed by atoms with E-state index in [1.807, 2.05) is 6.07 Å². The number of pyridine rings is 1. The molecule has 1 fully saturated rings. The second-order valence-corrected chi connectivity index (χ2v) is 6.23. The second kappa shape index (κ2) is 9.60. The summed E-state index contributed by atoms with van der Waals surface area (Å²) in [6.45, 7) is 2.07. The number of carbonyl (C=O) groups is 1. The summed E-state index contributed by atoms with van der Waals surface area (Å²) in [5.41, 5.74) is 12.1. The summed E-state index contributed by atoms with van der Waals surface area (Å²) < 4.78 is 15.9. The Balaban J connectivity index is 1.57. The average molecular weight is 386 g/mol. The molecule has 3 rings (SSSR count). The van der Waals surface area contributed by atoms with E-state index in [1.165, 1.54) is 0 Å². The van der Waals surface area contributed by atoms with Crippen LogP contribution in [0.1, 0.15) is 18.5 Å². The molecule has 0 atom stereocenters. The van der Waals surface area contributed by atoms with Crippen molar-refractivity contribution in [3.8, 4) is 17.3 Å². The molecule has 1 aliphatic rings. The van der Waals surface area contributed by atoms with Gasteiger partial charge in [-0.05, 0) is 30.9 Å². The molecule has 10 nitrogen and oxygen atoms in total. The quantitative estimate of drug-likeness (QED) is 0.552. The van der Waals surface area contributed by atoms with Crippen molar-refractivity contribution in [2.75, 3.05) is 19.8 Å². The fourth-order valence-electron chi connectivity index (χ4n) is 2.62. The summed E-state index contributed by atoms with van der Waals surface area (Å²) in [7, 11) is 0. The number of hydrogen-bond donors (Lipinski definition) is 2. The Labute approximate surface area is 162 Å². The van der Waals surface area contributed by atoms with E-state index in [-0.39, 0.29) is 12.6 Å². The van der Waals surface area contributed by atoms with Gasteiger partial charge in [0.25, 0.3) is 0 Å². The van der Waals surface area contributed by atoms with Crippen molar-refractivity contribution in [2.24, 2.45) is 22.4 Å². The van der Waals surface area contributed by atoms with Gasteiger partial charge in [-0.15, -0.1) is 4.99 Å². The van der Waals surface area contributed by atoms with Crippen LogP contribution in [0.5, 0.6) is 6.01 Å². The molecule has 1 amide bonds. The summed E-state index contributed by atoms with van der Waals surface area (Å²) in [6, 6.07) is 5.65. The van der Waals surface area contributed by atoms with Gasteiger partial charge in [0, 0.05) is 31.2 Å². The number of rotatable bonds is 6. The molecule has 10 heteroatoms. The van der Waals surface area contributed by atoms with E-state index in [0.717, 1.165) is 31.6 Å². The highest BCUT2D eigenvalue weighted by atomic mass is 16.5. The fourth-order valence-corrected chi connectivity index (χ4v) is 2.62. The molecule has 0 saturated carbocycles. The number of nitrogens with two attached hydrogens (primary N) is 2. The third-order valence-electron chi connectivity index (χ3n) is 4.08. The topological polar surface area (TPSA) is 148 Å². The molecule has 2 aromatic heterocycles. The molecule has 28 heavy (non-hydrogen) atoms. The van der Waals surface area contributed by atoms with Crippen molar-refractivity contribution in [2.45, 2.75) is 19.4 Å². The van der Waals surface area contributed by atoms with Gasteiger partial charge >= 0.3 is 12.1 Å². The van der Waals surface area contributed by atoms with Crippen LogP contribution in [0.25, 0.3) is 11.3 Å². The van der Waals surface area contributed by atoms with Crippen LogP contribution < -0.4 is 16.2 Å². The van der Waals surface area contributed by atoms with Crippen molar-refractivity contribution in [1.29, 1.82) is 0 Å². The highest BCUT2D eigenvalue weighted by Gasteiger charge is 2.15. The molecule has 2 aromatic rings. The number of ether oxygens (including phenoxy) is 3. The van der Waals surface area contributed by atoms with E-state index < -0.39 is 6.09 Å². The summed E-state index contributed by atoms with van der Waals surface area (Å²) in [6.07, 6.45) is 4.39. The summed E-state index contributed by atoms with van der Waals surface area (Å²) >= 11 is 0. The molecule has 1 saturated heterocycles. The van der Waals surface area contributed by atoms with Gasteiger partial charge in [-0.2, -0.15) is 0 Å². The molecule has 148 valence electrons. The Kier molecular flexibility index (Phi) is 6.68. The van der Waals surface area contributed by atoms with Gasteiger partial charge in [0.15, 0.2) is 5.96 Å². The molecular weight excluding hydrogens is 364 g/mol. The number of guanidine groups is 1. The van der Waals surface area contributed by atoms with Gasteiger partial charge in [-0.1, -0.05) is 6.07 Å². The number of carbonyl (C=O) groups excluding carboxylic acids is 1. The summed E-state index contributed by atoms with van der Waals surface area (Å²) in [5, 5.41) is 0. The minimum Gasteiger partial charge on any atom is -0.463 e. The van der Waals surface area contributed by atoms with E-state index >= 15 is 0 Å². The molecule has 3 heterocycles. The van der Waals surface area contributed by atoms with Gasteiger partial charge in [-0.3, -0.25) is 0 Å². The van der Waals surface area contributed by atoms with Gasteiger partial charge in [-0.25, -0.2) is 19.7 Å². The molecule has 0 bridgehead atoms. The lowest BCUT2D eigenvalue weighted by Gasteiger charge is -2.21. The molecule has 0 unspecified atom stereocenters. The highest BCUT2D eigenvalue weighted by molar-refractivity contribution is 5.87. The Morgan fingerprint density at radius 1 is 1.21 bits per heavy atom. The van der Waals surface area contributed by atoms with Gasteiger partial charge in [0.05, 0.1) is 18.0 Å². The first-order chi connectivity index (χ1) is 13.6. The molecule has 0 aromatic carbocycles. The third-order valence-corrected chi connectivity index (χ3v) is 4.08. The van der Waals surface area contributed by atoms with Crippen LogP contribution in [0.3, 0.4) is 0 Å². The minimum atomic E-state index is -0.874. The van der Waals surface area contributed by atoms with Crippen LogP contribution in [-0.2, 0) is 16.1 Å². The van der Waals surface area contributed by atoms with Gasteiger partial charge in [0.2, 0.25) is 0 Å². The van der Waals surface area contributed by atoms with E-state index in [9.17, 15) is 4.79 Å². The van der Waals surface area contributed by atoms with E-state index in [4.69, 9.17) is 25.7 Å². The van der Waals surface area contributed by atoms with Gasteiger partial charge < -0.3 is 25.7 Å². The summed E-state index contributed by atoms with van der Waals surface area (Å²) in [5.74, 6) is 0.111. The molecule has 1 aliphatic heterocycles. The monoisotopic (exact) mass is 386 g/mol.